The van der Waals surface area contributed by atoms with E-state index in [-0.39, 0.29) is 40.6 Å². The number of hydrogen-bond donors (Lipinski definition) is 1. The summed E-state index contributed by atoms with van der Waals surface area (Å²) < 4.78 is 26.6. The Morgan fingerprint density at radius 2 is 1.54 bits per heavy atom. The van der Waals surface area contributed by atoms with E-state index in [1.54, 1.807) is 11.8 Å². The molecular weight excluding hydrogens is 776 g/mol. The van der Waals surface area contributed by atoms with Crippen molar-refractivity contribution in [3.63, 3.8) is 0 Å². The molecule has 7 nitrogen and oxygen atoms in total. The zero-order valence-corrected chi connectivity index (χ0v) is 40.9. The zero-order valence-electron chi connectivity index (χ0n) is 37.3. The van der Waals surface area contributed by atoms with E-state index >= 15 is 0 Å². The summed E-state index contributed by atoms with van der Waals surface area (Å²) in [6.45, 7) is 29.6. The van der Waals surface area contributed by atoms with E-state index in [1.807, 2.05) is 38.1 Å². The van der Waals surface area contributed by atoms with E-state index in [0.717, 1.165) is 67.1 Å². The lowest BCUT2D eigenvalue weighted by atomic mass is 9.87. The fourth-order valence-electron chi connectivity index (χ4n) is 5.98. The molecule has 0 radical (unpaired) electrons. The molecule has 1 aromatic carbocycles. The average Bonchev–Trinajstić information content (AvgIpc) is 3.38. The lowest BCUT2D eigenvalue weighted by Crippen LogP contribution is -2.45. The molecule has 56 heavy (non-hydrogen) atoms. The van der Waals surface area contributed by atoms with Crippen molar-refractivity contribution < 1.29 is 33.0 Å². The highest BCUT2D eigenvalue weighted by Crippen LogP contribution is 2.48. The first kappa shape index (κ1) is 50.6. The van der Waals surface area contributed by atoms with Gasteiger partial charge in [-0.15, -0.1) is 11.8 Å². The Kier molecular flexibility index (Phi) is 20.5. The summed E-state index contributed by atoms with van der Waals surface area (Å²) in [6.07, 6.45) is 14.2. The molecule has 2 rings (SSSR count). The number of carbonyl (C=O) groups excluding carboxylic acids is 1. The van der Waals surface area contributed by atoms with Gasteiger partial charge in [0.05, 0.1) is 24.2 Å². The van der Waals surface area contributed by atoms with Gasteiger partial charge in [0.2, 0.25) is 0 Å². The van der Waals surface area contributed by atoms with Gasteiger partial charge in [0.15, 0.2) is 16.6 Å². The highest BCUT2D eigenvalue weighted by molar-refractivity contribution is 8.03. The van der Waals surface area contributed by atoms with Crippen LogP contribution >= 0.6 is 23.4 Å². The number of carbonyl (C=O) groups is 2. The summed E-state index contributed by atoms with van der Waals surface area (Å²) in [5.74, 6) is 1.25. The largest absolute Gasteiger partial charge is 0.494 e. The molecule has 0 unspecified atom stereocenters. The van der Waals surface area contributed by atoms with Crippen LogP contribution in [0, 0.1) is 11.3 Å². The predicted molar refractivity (Wildman–Crippen MR) is 242 cm³/mol. The van der Waals surface area contributed by atoms with Crippen molar-refractivity contribution in [1.29, 1.82) is 0 Å². The summed E-state index contributed by atoms with van der Waals surface area (Å²) >= 11 is 7.75. The number of unbranched alkanes of at least 4 members (excludes halogenated alkanes) is 5. The Morgan fingerprint density at radius 3 is 2.12 bits per heavy atom. The van der Waals surface area contributed by atoms with E-state index in [9.17, 15) is 9.59 Å². The number of carboxylic acids is 1. The van der Waals surface area contributed by atoms with Gasteiger partial charge in [-0.25, -0.2) is 0 Å². The van der Waals surface area contributed by atoms with Crippen LogP contribution in [-0.4, -0.2) is 58.2 Å². The van der Waals surface area contributed by atoms with Crippen LogP contribution < -0.4 is 4.74 Å². The van der Waals surface area contributed by atoms with Crippen molar-refractivity contribution in [3.8, 4) is 5.75 Å². The van der Waals surface area contributed by atoms with Crippen LogP contribution in [0.2, 0.25) is 41.3 Å². The molecule has 320 valence electrons. The number of aliphatic carboxylic acids is 1. The third kappa shape index (κ3) is 17.0. The summed E-state index contributed by atoms with van der Waals surface area (Å²) in [5.41, 5.74) is -0.690. The number of esters is 1. The van der Waals surface area contributed by atoms with Gasteiger partial charge in [0.25, 0.3) is 0 Å². The van der Waals surface area contributed by atoms with Crippen LogP contribution in [0.4, 0.5) is 0 Å². The minimum absolute atomic E-state index is 0.00549. The van der Waals surface area contributed by atoms with Crippen molar-refractivity contribution in [2.75, 3.05) is 12.4 Å². The number of ether oxygens (including phenoxy) is 2. The van der Waals surface area contributed by atoms with E-state index in [0.29, 0.717) is 30.9 Å². The number of halogens is 1. The number of rotatable bonds is 25. The highest BCUT2D eigenvalue weighted by Gasteiger charge is 2.46. The molecular formula is C45H77ClO7SSi2. The standard InChI is InChI=1S/C45H77ClO7SSi2/c1-14-15-17-22-36(52-55(10,11)43(2,3)4)28-29-37-38(53-56(12,13)44(5,6)7)33-39(41(37)54-32-21-16-18-23-40(47)48)51-42(49)45(8,9)30-19-20-31-50-35-26-24-34(46)25-27-35/h24-29,36-38H,14-23,30-33H2,1-13H3,(H,47,48)/b29-28+/t36-,37-,38+/m0/s1. The zero-order chi connectivity index (χ0) is 42.4. The van der Waals surface area contributed by atoms with Crippen molar-refractivity contribution in [2.45, 2.75) is 188 Å². The monoisotopic (exact) mass is 852 g/mol. The maximum absolute atomic E-state index is 14.1. The fraction of sp³-hybridized carbons (Fsp3) is 0.733. The molecule has 3 atom stereocenters. The fourth-order valence-corrected chi connectivity index (χ4v) is 10.0. The quantitative estimate of drug-likeness (QED) is 0.0450. The van der Waals surface area contributed by atoms with Gasteiger partial charge in [0.1, 0.15) is 11.5 Å². The highest BCUT2D eigenvalue weighted by atomic mass is 35.5. The molecule has 0 saturated heterocycles. The van der Waals surface area contributed by atoms with Crippen molar-refractivity contribution in [1.82, 2.24) is 0 Å². The summed E-state index contributed by atoms with van der Waals surface area (Å²) in [7, 11) is -4.27. The van der Waals surface area contributed by atoms with Gasteiger partial charge in [0, 0.05) is 28.7 Å². The van der Waals surface area contributed by atoms with Crippen molar-refractivity contribution >= 4 is 51.9 Å². The SMILES string of the molecule is CCCCC[C@@H](/C=C/[C@@H]1C(SCCCCCC(=O)O)=C(OC(=O)C(C)(C)CCCCOc2ccc(Cl)cc2)C[C@H]1O[Si](C)(C)C(C)(C)C)O[Si](C)(C)C(C)(C)C. The summed E-state index contributed by atoms with van der Waals surface area (Å²) in [6, 6.07) is 7.36. The topological polar surface area (TPSA) is 91.3 Å². The maximum atomic E-state index is 14.1. The average molecular weight is 854 g/mol. The van der Waals surface area contributed by atoms with Crippen molar-refractivity contribution in [2.24, 2.45) is 11.3 Å². The minimum atomic E-state index is -2.21. The molecule has 0 spiro atoms. The van der Waals surface area contributed by atoms with Gasteiger partial charge < -0.3 is 23.4 Å². The van der Waals surface area contributed by atoms with Gasteiger partial charge in [-0.05, 0) is 119 Å². The number of benzene rings is 1. The normalized spacial score (nSPS) is 17.8. The van der Waals surface area contributed by atoms with E-state index in [2.05, 4.69) is 86.8 Å². The Labute approximate surface area is 352 Å². The maximum Gasteiger partial charge on any atom is 0.316 e. The molecule has 1 aliphatic rings. The molecule has 0 fully saturated rings. The van der Waals surface area contributed by atoms with Crippen LogP contribution in [-0.2, 0) is 23.2 Å². The Hall–Kier alpha value is -1.57. The number of carboxylic acid groups (broad SMARTS) is 1. The lowest BCUT2D eigenvalue weighted by Gasteiger charge is -2.40. The van der Waals surface area contributed by atoms with Crippen LogP contribution in [0.5, 0.6) is 5.75 Å². The molecule has 0 aromatic heterocycles. The summed E-state index contributed by atoms with van der Waals surface area (Å²) in [5, 5.41) is 9.94. The van der Waals surface area contributed by atoms with E-state index in [4.69, 9.17) is 35.0 Å². The molecule has 0 amide bonds. The second-order valence-corrected chi connectivity index (χ2v) is 30.4. The molecule has 11 heteroatoms. The third-order valence-electron chi connectivity index (χ3n) is 11.8. The second-order valence-electron chi connectivity index (χ2n) is 19.3. The van der Waals surface area contributed by atoms with Gasteiger partial charge >= 0.3 is 11.9 Å². The first-order chi connectivity index (χ1) is 25.9. The third-order valence-corrected chi connectivity index (χ3v) is 22.4. The predicted octanol–water partition coefficient (Wildman–Crippen LogP) is 14.0. The first-order valence-electron chi connectivity index (χ1n) is 21.1. The number of thioether (sulfide) groups is 1. The van der Waals surface area contributed by atoms with Crippen LogP contribution in [0.1, 0.15) is 139 Å². The van der Waals surface area contributed by atoms with Gasteiger partial charge in [-0.1, -0.05) is 97.9 Å². The van der Waals surface area contributed by atoms with Gasteiger partial charge in [-0.2, -0.15) is 0 Å². The molecule has 1 aromatic rings. The van der Waals surface area contributed by atoms with Gasteiger partial charge in [-0.3, -0.25) is 9.59 Å². The molecule has 1 N–H and O–H groups in total. The Bertz CT molecular complexity index is 1430. The molecule has 0 saturated carbocycles. The molecule has 0 bridgehead atoms. The van der Waals surface area contributed by atoms with Crippen molar-refractivity contribution in [3.05, 3.63) is 52.1 Å². The van der Waals surface area contributed by atoms with E-state index in [1.165, 1.54) is 6.42 Å². The lowest BCUT2D eigenvalue weighted by molar-refractivity contribution is -0.150. The number of hydrogen-bond acceptors (Lipinski definition) is 7. The van der Waals surface area contributed by atoms with Crippen LogP contribution in [0.3, 0.4) is 0 Å². The Balaban J connectivity index is 2.43. The Morgan fingerprint density at radius 1 is 0.893 bits per heavy atom. The first-order valence-corrected chi connectivity index (χ1v) is 28.3. The smallest absolute Gasteiger partial charge is 0.316 e. The van der Waals surface area contributed by atoms with Crippen LogP contribution in [0.25, 0.3) is 0 Å². The summed E-state index contributed by atoms with van der Waals surface area (Å²) in [4.78, 5) is 26.3. The minimum Gasteiger partial charge on any atom is -0.494 e. The second kappa shape index (κ2) is 22.7. The van der Waals surface area contributed by atoms with Crippen LogP contribution in [0.15, 0.2) is 47.1 Å². The molecule has 0 heterocycles. The van der Waals surface area contributed by atoms with E-state index < -0.39 is 28.0 Å². The molecule has 1 aliphatic carbocycles. The molecule has 0 aliphatic heterocycles.